The van der Waals surface area contributed by atoms with Gasteiger partial charge in [0.05, 0.1) is 98.1 Å². The fraction of sp³-hybridized carbons (Fsp3) is 0.333. The molecule has 10 aromatic rings. The standard InChI is InChI=1S/C33H33FN6O4.C28H27FN6O2.C5H8O3/c1-19-23(24-14-22(34)7-8-27(24)36-19)15-30(41)40-11-10-39(33(42)21-9-12-44-18-21)17-29(40)31-35-16-28(37-31)25-13-20-5-3-4-6-26(20)38-32(25)43-2;1-16-19(20-12-18(29)7-8-23(20)32-16)13-26(36)35-10-9-30-15-25(35)27-31-14-24(33-27)21-11-17-5-3-4-6-22(17)34-28(21)37-2;6-5(7)4-1-2-8-3-4/h3-8,13-14,16,21,29,36H,9-12,15,17-18H2,1-2H3,(H,35,37);3-8,11-12,14,25,30,32H,9-10,13,15H2,1-2H3,(H,31,33);4H,1-3H2,(H,6,7). The third kappa shape index (κ3) is 12.6. The van der Waals surface area contributed by atoms with Gasteiger partial charge in [-0.25, -0.2) is 28.7 Å². The second-order valence-electron chi connectivity index (χ2n) is 22.7. The van der Waals surface area contributed by atoms with Gasteiger partial charge in [0.15, 0.2) is 0 Å². The maximum Gasteiger partial charge on any atom is 0.308 e. The summed E-state index contributed by atoms with van der Waals surface area (Å²) in [4.78, 5) is 88.6. The first-order chi connectivity index (χ1) is 43.2. The average molecular weight is 1210 g/mol. The number of rotatable bonds is 12. The predicted octanol–water partition coefficient (Wildman–Crippen LogP) is 8.94. The van der Waals surface area contributed by atoms with Crippen LogP contribution in [0.25, 0.3) is 66.1 Å². The zero-order valence-corrected chi connectivity index (χ0v) is 49.7. The Morgan fingerprint density at radius 3 is 1.63 bits per heavy atom. The number of benzene rings is 4. The number of halogens is 2. The highest BCUT2D eigenvalue weighted by Gasteiger charge is 2.39. The SMILES string of the molecule is COc1nc2ccccc2cc1-c1cnc(C2CN(C(=O)C3CCOC3)CCN2C(=O)Cc2c(C)[nH]c3ccc(F)cc23)[nH]1.COc1nc2ccccc2cc1-c1cnc(C2CNCCN2C(=O)Cc2c(C)[nH]c3ccc(F)cc23)[nH]1.O=C(O)C1CCOC1. The molecule has 4 saturated heterocycles. The normalized spacial score (nSPS) is 18.5. The van der Waals surface area contributed by atoms with Crippen LogP contribution >= 0.6 is 0 Å². The maximum atomic E-state index is 14.1. The average Bonchev–Trinajstić information content (AvgIpc) is 3.91. The number of pyridine rings is 2. The van der Waals surface area contributed by atoms with E-state index in [1.165, 1.54) is 24.3 Å². The van der Waals surface area contributed by atoms with Crippen molar-refractivity contribution in [1.29, 1.82) is 0 Å². The molecule has 0 bridgehead atoms. The largest absolute Gasteiger partial charge is 0.481 e. The molecule has 0 saturated carbocycles. The molecule has 3 amide bonds. The van der Waals surface area contributed by atoms with Gasteiger partial charge in [-0.3, -0.25) is 19.2 Å². The fourth-order valence-corrected chi connectivity index (χ4v) is 12.3. The number of aromatic amines is 4. The van der Waals surface area contributed by atoms with Crippen molar-refractivity contribution in [3.63, 3.8) is 0 Å². The van der Waals surface area contributed by atoms with Gasteiger partial charge in [-0.2, -0.15) is 0 Å². The third-order valence-corrected chi connectivity index (χ3v) is 17.1. The Morgan fingerprint density at radius 1 is 0.629 bits per heavy atom. The van der Waals surface area contributed by atoms with Gasteiger partial charge >= 0.3 is 5.97 Å². The summed E-state index contributed by atoms with van der Waals surface area (Å²) in [5, 5.41) is 15.1. The van der Waals surface area contributed by atoms with Crippen molar-refractivity contribution in [2.45, 2.75) is 51.6 Å². The molecule has 4 aromatic carbocycles. The van der Waals surface area contributed by atoms with Gasteiger partial charge in [0, 0.05) is 96.4 Å². The van der Waals surface area contributed by atoms with Crippen molar-refractivity contribution in [3.8, 4) is 34.3 Å². The Hall–Kier alpha value is -9.58. The van der Waals surface area contributed by atoms with E-state index in [0.29, 0.717) is 113 Å². The van der Waals surface area contributed by atoms with Crippen LogP contribution in [0.5, 0.6) is 11.8 Å². The quantitative estimate of drug-likeness (QED) is 0.0667. The smallest absolute Gasteiger partial charge is 0.308 e. The van der Waals surface area contributed by atoms with Crippen LogP contribution in [0.3, 0.4) is 0 Å². The first-order valence-corrected chi connectivity index (χ1v) is 29.7. The van der Waals surface area contributed by atoms with E-state index in [9.17, 15) is 28.0 Å². The summed E-state index contributed by atoms with van der Waals surface area (Å²) in [7, 11) is 3.18. The van der Waals surface area contributed by atoms with Gasteiger partial charge in [0.25, 0.3) is 0 Å². The summed E-state index contributed by atoms with van der Waals surface area (Å²) in [6, 6.07) is 28.1. The number of carbonyl (C=O) groups excluding carboxylic acids is 3. The molecule has 0 aliphatic carbocycles. The first-order valence-electron chi connectivity index (χ1n) is 29.7. The van der Waals surface area contributed by atoms with Crippen LogP contribution in [-0.4, -0.2) is 163 Å². The van der Waals surface area contributed by atoms with Gasteiger partial charge in [0.1, 0.15) is 35.4 Å². The lowest BCUT2D eigenvalue weighted by Gasteiger charge is -2.41. The van der Waals surface area contributed by atoms with Crippen molar-refractivity contribution in [2.24, 2.45) is 11.8 Å². The number of hydrogen-bond donors (Lipinski definition) is 6. The van der Waals surface area contributed by atoms with Crippen LogP contribution in [-0.2, 0) is 41.5 Å². The zero-order chi connectivity index (χ0) is 61.9. The third-order valence-electron chi connectivity index (χ3n) is 17.1. The number of piperazine rings is 2. The van der Waals surface area contributed by atoms with Crippen LogP contribution < -0.4 is 14.8 Å². The van der Waals surface area contributed by atoms with Gasteiger partial charge in [-0.15, -0.1) is 0 Å². The topological polar surface area (TPSA) is 262 Å². The van der Waals surface area contributed by atoms with Crippen molar-refractivity contribution in [3.05, 3.63) is 155 Å². The lowest BCUT2D eigenvalue weighted by Crippen LogP contribution is -2.54. The second-order valence-corrected chi connectivity index (χ2v) is 22.7. The minimum absolute atomic E-state index is 0.0253. The lowest BCUT2D eigenvalue weighted by molar-refractivity contribution is -0.145. The Balaban J connectivity index is 0.000000155. The van der Waals surface area contributed by atoms with Crippen LogP contribution in [0.15, 0.2) is 109 Å². The molecule has 14 rings (SSSR count). The van der Waals surface area contributed by atoms with E-state index < -0.39 is 12.0 Å². The number of ether oxygens (including phenoxy) is 4. The number of carbonyl (C=O) groups is 4. The second kappa shape index (κ2) is 26.0. The number of fused-ring (bicyclic) bond motifs is 4. The van der Waals surface area contributed by atoms with E-state index in [2.05, 4.69) is 40.2 Å². The number of para-hydroxylation sites is 2. The highest BCUT2D eigenvalue weighted by atomic mass is 19.1. The summed E-state index contributed by atoms with van der Waals surface area (Å²) in [5.74, 6) is 0.271. The monoisotopic (exact) mass is 1210 g/mol. The van der Waals surface area contributed by atoms with E-state index in [1.807, 2.05) is 84.3 Å². The van der Waals surface area contributed by atoms with E-state index in [4.69, 9.17) is 29.0 Å². The van der Waals surface area contributed by atoms with Crippen molar-refractivity contribution in [2.75, 3.05) is 79.9 Å². The number of aromatic nitrogens is 8. The molecule has 89 heavy (non-hydrogen) atoms. The van der Waals surface area contributed by atoms with Gasteiger partial charge < -0.3 is 64.0 Å². The number of aryl methyl sites for hydroxylation is 2. The van der Waals surface area contributed by atoms with Gasteiger partial charge in [0.2, 0.25) is 29.5 Å². The molecule has 0 spiro atoms. The Labute approximate surface area is 510 Å². The van der Waals surface area contributed by atoms with E-state index in [1.54, 1.807) is 43.6 Å². The number of amides is 3. The number of aliphatic carboxylic acids is 1. The number of nitrogens with zero attached hydrogens (tertiary/aromatic N) is 7. The minimum Gasteiger partial charge on any atom is -0.481 e. The number of H-pyrrole nitrogens is 4. The van der Waals surface area contributed by atoms with Crippen molar-refractivity contribution >= 4 is 67.3 Å². The molecule has 4 aliphatic rings. The number of carboxylic acids is 1. The molecule has 4 fully saturated rings. The molecule has 4 unspecified atom stereocenters. The molecular formula is C66H68F2N12O9. The maximum absolute atomic E-state index is 14.1. The molecule has 6 N–H and O–H groups in total. The minimum atomic E-state index is -0.734. The van der Waals surface area contributed by atoms with Crippen molar-refractivity contribution in [1.82, 2.24) is 59.9 Å². The summed E-state index contributed by atoms with van der Waals surface area (Å²) < 4.78 is 49.6. The molecule has 6 aromatic heterocycles. The number of methoxy groups -OCH3 is 2. The van der Waals surface area contributed by atoms with E-state index in [0.717, 1.165) is 77.6 Å². The molecule has 21 nitrogen and oxygen atoms in total. The Morgan fingerprint density at radius 2 is 1.13 bits per heavy atom. The fourth-order valence-electron chi connectivity index (χ4n) is 12.3. The Kier molecular flexibility index (Phi) is 17.5. The van der Waals surface area contributed by atoms with Crippen LogP contribution in [0.1, 0.15) is 59.1 Å². The highest BCUT2D eigenvalue weighted by molar-refractivity contribution is 5.92. The summed E-state index contributed by atoms with van der Waals surface area (Å²) in [6.45, 7) is 8.68. The summed E-state index contributed by atoms with van der Waals surface area (Å²) in [6.07, 6.45) is 5.11. The number of nitrogens with one attached hydrogen (secondary N) is 5. The molecule has 460 valence electrons. The van der Waals surface area contributed by atoms with E-state index >= 15 is 0 Å². The van der Waals surface area contributed by atoms with Crippen molar-refractivity contribution < 1.29 is 52.0 Å². The molecule has 23 heteroatoms. The summed E-state index contributed by atoms with van der Waals surface area (Å²) >= 11 is 0. The summed E-state index contributed by atoms with van der Waals surface area (Å²) in [5.41, 5.74) is 9.56. The van der Waals surface area contributed by atoms with Crippen LogP contribution in [0.2, 0.25) is 0 Å². The number of carboxylic acid groups (broad SMARTS) is 1. The van der Waals surface area contributed by atoms with E-state index in [-0.39, 0.29) is 60.1 Å². The Bertz CT molecular complexity index is 4260. The highest BCUT2D eigenvalue weighted by Crippen LogP contribution is 2.36. The molecular weight excluding hydrogens is 1140 g/mol. The molecule has 4 aliphatic heterocycles. The molecule has 4 atom stereocenters. The first kappa shape index (κ1) is 59.7. The molecule has 10 heterocycles. The number of hydrogen-bond acceptors (Lipinski definition) is 13. The number of imidazole rings is 2. The molecule has 0 radical (unpaired) electrons. The predicted molar refractivity (Wildman–Crippen MR) is 329 cm³/mol. The van der Waals surface area contributed by atoms with Gasteiger partial charge in [-0.1, -0.05) is 36.4 Å². The lowest BCUT2D eigenvalue weighted by atomic mass is 10.0. The zero-order valence-electron chi connectivity index (χ0n) is 49.7. The van der Waals surface area contributed by atoms with Crippen LogP contribution in [0, 0.1) is 37.3 Å². The van der Waals surface area contributed by atoms with Gasteiger partial charge in [-0.05, 0) is 98.5 Å². The van der Waals surface area contributed by atoms with Crippen LogP contribution in [0.4, 0.5) is 8.78 Å².